The van der Waals surface area contributed by atoms with Gasteiger partial charge in [-0.05, 0) is 49.5 Å². The second kappa shape index (κ2) is 16.2. The quantitative estimate of drug-likeness (QED) is 0.262. The number of piperidine rings is 1. The first-order valence-electron chi connectivity index (χ1n) is 15.7. The van der Waals surface area contributed by atoms with E-state index < -0.39 is 12.1 Å². The summed E-state index contributed by atoms with van der Waals surface area (Å²) in [5, 5.41) is 17.3. The Morgan fingerprint density at radius 2 is 1.81 bits per heavy atom. The number of fused-ring (bicyclic) bond motifs is 1. The van der Waals surface area contributed by atoms with E-state index in [0.717, 1.165) is 50.0 Å². The van der Waals surface area contributed by atoms with Crippen molar-refractivity contribution in [3.05, 3.63) is 40.7 Å². The van der Waals surface area contributed by atoms with Crippen molar-refractivity contribution in [2.24, 2.45) is 11.8 Å². The highest BCUT2D eigenvalue weighted by molar-refractivity contribution is 6.32. The van der Waals surface area contributed by atoms with Crippen LogP contribution in [0.3, 0.4) is 0 Å². The zero-order chi connectivity index (χ0) is 34.1. The van der Waals surface area contributed by atoms with Crippen LogP contribution in [0.15, 0.2) is 30.1 Å². The number of carbonyl (C=O) groups excluding carboxylic acids is 2. The van der Waals surface area contributed by atoms with Gasteiger partial charge in [-0.3, -0.25) is 9.59 Å². The van der Waals surface area contributed by atoms with Gasteiger partial charge in [0.05, 0.1) is 10.6 Å². The summed E-state index contributed by atoms with van der Waals surface area (Å²) in [5.74, 6) is -0.0387. The first-order valence-corrected chi connectivity index (χ1v) is 16.1. The number of anilines is 3. The predicted octanol–water partition coefficient (Wildman–Crippen LogP) is 6.04. The molecule has 0 spiro atoms. The minimum absolute atomic E-state index is 0.0260. The fraction of sp³-hybridized carbons (Fsp3) is 0.531. The second-order valence-corrected chi connectivity index (χ2v) is 12.5. The molecule has 47 heavy (non-hydrogen) atoms. The molecule has 2 amide bonds. The van der Waals surface area contributed by atoms with Crippen LogP contribution in [-0.4, -0.2) is 76.2 Å². The van der Waals surface area contributed by atoms with Crippen LogP contribution in [0.1, 0.15) is 64.4 Å². The molecule has 4 N–H and O–H groups in total. The normalized spacial score (nSPS) is 17.0. The van der Waals surface area contributed by atoms with E-state index in [-0.39, 0.29) is 17.9 Å². The number of aromatic nitrogens is 2. The van der Waals surface area contributed by atoms with Crippen molar-refractivity contribution in [2.75, 3.05) is 36.8 Å². The number of carboxylic acids is 1. The molecule has 15 heteroatoms. The van der Waals surface area contributed by atoms with Crippen molar-refractivity contribution in [1.29, 1.82) is 0 Å². The summed E-state index contributed by atoms with van der Waals surface area (Å²) in [6.07, 6.45) is 4.89. The molecule has 0 bridgehead atoms. The molecular weight excluding hydrogens is 641 g/mol. The Balaban J connectivity index is 0.000000644. The van der Waals surface area contributed by atoms with Crippen molar-refractivity contribution in [2.45, 2.75) is 71.1 Å². The zero-order valence-corrected chi connectivity index (χ0v) is 27.1. The van der Waals surface area contributed by atoms with E-state index >= 15 is 0 Å². The summed E-state index contributed by atoms with van der Waals surface area (Å²) in [4.78, 5) is 45.2. The maximum absolute atomic E-state index is 12.8. The number of alkyl halides is 3. The lowest BCUT2D eigenvalue weighted by Gasteiger charge is -2.33. The van der Waals surface area contributed by atoms with Gasteiger partial charge in [0.2, 0.25) is 11.8 Å². The number of amides is 2. The standard InChI is InChI=1S/C30H39ClN6O3.C2HF3O2/c1-19(2)17-33-29(38)21-9-12-32-27-24(15-21)28(35-18-34-27)36-22-7-8-26(25(31)16-22)40-23-10-13-37(14-11-23)30(39)20-5-3-4-6-20;3-2(4,5)1(6)7/h7-8,15-16,18-20,23H,3-6,9-14,17H2,1-2H3,(H,33,38)(H2,32,34,35,36);(H,6,7). The molecule has 2 aromatic rings. The molecule has 1 saturated heterocycles. The topological polar surface area (TPSA) is 146 Å². The Morgan fingerprint density at radius 1 is 1.13 bits per heavy atom. The van der Waals surface area contributed by atoms with Crippen LogP contribution in [-0.2, 0) is 14.4 Å². The van der Waals surface area contributed by atoms with Gasteiger partial charge in [-0.2, -0.15) is 13.2 Å². The number of ether oxygens (including phenoxy) is 1. The highest BCUT2D eigenvalue weighted by Gasteiger charge is 2.38. The van der Waals surface area contributed by atoms with Gasteiger partial charge in [-0.1, -0.05) is 38.3 Å². The maximum atomic E-state index is 12.8. The summed E-state index contributed by atoms with van der Waals surface area (Å²) >= 11 is 6.64. The maximum Gasteiger partial charge on any atom is 0.490 e. The van der Waals surface area contributed by atoms with Gasteiger partial charge in [-0.25, -0.2) is 14.8 Å². The average molecular weight is 681 g/mol. The number of halogens is 4. The molecule has 3 aliphatic rings. The largest absolute Gasteiger partial charge is 0.490 e. The number of nitrogens with one attached hydrogen (secondary N) is 3. The molecule has 5 rings (SSSR count). The van der Waals surface area contributed by atoms with Gasteiger partial charge in [-0.15, -0.1) is 0 Å². The number of benzene rings is 1. The summed E-state index contributed by atoms with van der Waals surface area (Å²) in [7, 11) is 0. The Kier molecular flexibility index (Phi) is 12.3. The number of hydrogen-bond acceptors (Lipinski definition) is 8. The highest BCUT2D eigenvalue weighted by atomic mass is 35.5. The van der Waals surface area contributed by atoms with Crippen molar-refractivity contribution in [3.63, 3.8) is 0 Å². The van der Waals surface area contributed by atoms with Gasteiger partial charge in [0.1, 0.15) is 29.8 Å². The third-order valence-corrected chi connectivity index (χ3v) is 8.34. The van der Waals surface area contributed by atoms with Crippen molar-refractivity contribution in [3.8, 4) is 5.75 Å². The molecule has 0 unspecified atom stereocenters. The summed E-state index contributed by atoms with van der Waals surface area (Å²) < 4.78 is 38.0. The monoisotopic (exact) mass is 680 g/mol. The Morgan fingerprint density at radius 3 is 2.43 bits per heavy atom. The van der Waals surface area contributed by atoms with Gasteiger partial charge in [0.15, 0.2) is 0 Å². The number of rotatable bonds is 8. The number of carbonyl (C=O) groups is 3. The first kappa shape index (κ1) is 35.8. The summed E-state index contributed by atoms with van der Waals surface area (Å²) in [6.45, 7) is 6.83. The third kappa shape index (κ3) is 10.2. The van der Waals surface area contributed by atoms with E-state index in [1.54, 1.807) is 0 Å². The Bertz CT molecular complexity index is 1460. The van der Waals surface area contributed by atoms with Gasteiger partial charge >= 0.3 is 12.1 Å². The molecule has 1 aliphatic carbocycles. The minimum Gasteiger partial charge on any atom is -0.489 e. The highest BCUT2D eigenvalue weighted by Crippen LogP contribution is 2.34. The van der Waals surface area contributed by atoms with Crippen molar-refractivity contribution < 1.29 is 37.4 Å². The van der Waals surface area contributed by atoms with E-state index in [4.69, 9.17) is 26.2 Å². The lowest BCUT2D eigenvalue weighted by Crippen LogP contribution is -2.44. The van der Waals surface area contributed by atoms with E-state index in [2.05, 4.69) is 39.8 Å². The second-order valence-electron chi connectivity index (χ2n) is 12.1. The fourth-order valence-corrected chi connectivity index (χ4v) is 5.76. The molecule has 11 nitrogen and oxygen atoms in total. The van der Waals surface area contributed by atoms with Gasteiger partial charge in [0, 0.05) is 56.2 Å². The number of aliphatic carboxylic acids is 1. The molecule has 3 heterocycles. The molecule has 0 atom stereocenters. The van der Waals surface area contributed by atoms with Crippen LogP contribution in [0.25, 0.3) is 6.08 Å². The number of carboxylic acid groups (broad SMARTS) is 1. The summed E-state index contributed by atoms with van der Waals surface area (Å²) in [6, 6.07) is 5.58. The Hall–Kier alpha value is -4.07. The first-order chi connectivity index (χ1) is 22.3. The van der Waals surface area contributed by atoms with Crippen LogP contribution in [0.2, 0.25) is 5.02 Å². The van der Waals surface area contributed by atoms with E-state index in [1.165, 1.54) is 19.2 Å². The van der Waals surface area contributed by atoms with Crippen LogP contribution < -0.4 is 20.7 Å². The number of hydrogen-bond donors (Lipinski definition) is 4. The van der Waals surface area contributed by atoms with E-state index in [9.17, 15) is 22.8 Å². The fourth-order valence-electron chi connectivity index (χ4n) is 5.54. The SMILES string of the molecule is CC(C)CNC(=O)C1=Cc2c(ncnc2Nc2ccc(OC3CCN(C(=O)C4CCCC4)CC3)c(Cl)c2)NCC1.O=C(O)C(F)(F)F. The predicted molar refractivity (Wildman–Crippen MR) is 172 cm³/mol. The van der Waals surface area contributed by atoms with E-state index in [1.807, 2.05) is 29.2 Å². The molecular formula is C32H40ClF3N6O5. The van der Waals surface area contributed by atoms with Gasteiger partial charge < -0.3 is 30.7 Å². The number of likely N-dealkylation sites (tertiary alicyclic amines) is 1. The molecule has 256 valence electrons. The average Bonchev–Trinajstić information content (AvgIpc) is 3.48. The van der Waals surface area contributed by atoms with Crippen LogP contribution >= 0.6 is 11.6 Å². The number of nitrogens with zero attached hydrogens (tertiary/aromatic N) is 3. The molecule has 2 fully saturated rings. The van der Waals surface area contributed by atoms with Gasteiger partial charge in [0.25, 0.3) is 0 Å². The molecule has 1 saturated carbocycles. The molecule has 1 aromatic carbocycles. The Labute approximate surface area is 276 Å². The third-order valence-electron chi connectivity index (χ3n) is 8.04. The zero-order valence-electron chi connectivity index (χ0n) is 26.3. The van der Waals surface area contributed by atoms with Crippen molar-refractivity contribution in [1.82, 2.24) is 20.2 Å². The smallest absolute Gasteiger partial charge is 0.489 e. The molecule has 2 aliphatic heterocycles. The van der Waals surface area contributed by atoms with Crippen molar-refractivity contribution >= 4 is 52.8 Å². The lowest BCUT2D eigenvalue weighted by molar-refractivity contribution is -0.192. The lowest BCUT2D eigenvalue weighted by atomic mass is 10.0. The van der Waals surface area contributed by atoms with Crippen LogP contribution in [0, 0.1) is 11.8 Å². The van der Waals surface area contributed by atoms with Crippen LogP contribution in [0.4, 0.5) is 30.5 Å². The summed E-state index contributed by atoms with van der Waals surface area (Å²) in [5.41, 5.74) is 2.16. The minimum atomic E-state index is -5.08. The van der Waals surface area contributed by atoms with Crippen LogP contribution in [0.5, 0.6) is 5.75 Å². The molecule has 1 aromatic heterocycles. The molecule has 0 radical (unpaired) electrons. The van der Waals surface area contributed by atoms with E-state index in [0.29, 0.717) is 59.3 Å².